The summed E-state index contributed by atoms with van der Waals surface area (Å²) in [5.74, 6) is -0.0992. The van der Waals surface area contributed by atoms with Gasteiger partial charge in [-0.2, -0.15) is 0 Å². The Balaban J connectivity index is 1.94. The van der Waals surface area contributed by atoms with Crippen molar-refractivity contribution in [2.45, 2.75) is 38.8 Å². The number of benzene rings is 1. The third-order valence-corrected chi connectivity index (χ3v) is 4.44. The minimum absolute atomic E-state index is 0.0166. The Hall–Kier alpha value is -1.88. The maximum Gasteiger partial charge on any atom is 0.251 e. The zero-order valence-electron chi connectivity index (χ0n) is 12.6. The van der Waals surface area contributed by atoms with Crippen LogP contribution in [0.2, 0.25) is 0 Å². The van der Waals surface area contributed by atoms with E-state index in [-0.39, 0.29) is 17.9 Å². The highest BCUT2D eigenvalue weighted by atomic mass is 16.2. The molecule has 4 N–H and O–H groups in total. The van der Waals surface area contributed by atoms with E-state index in [0.29, 0.717) is 12.1 Å². The van der Waals surface area contributed by atoms with Gasteiger partial charge in [0.15, 0.2) is 0 Å². The zero-order valence-corrected chi connectivity index (χ0v) is 12.6. The second kappa shape index (κ2) is 6.26. The normalized spacial score (nSPS) is 24.6. The largest absolute Gasteiger partial charge is 0.355 e. The fraction of sp³-hybridized carbons (Fsp3) is 0.500. The maximum atomic E-state index is 12.3. The molecule has 0 aliphatic heterocycles. The molecule has 1 aliphatic carbocycles. The number of nitrogens with one attached hydrogen (secondary N) is 2. The molecule has 2 unspecified atom stereocenters. The van der Waals surface area contributed by atoms with Gasteiger partial charge in [0.05, 0.1) is 5.41 Å². The van der Waals surface area contributed by atoms with Crippen molar-refractivity contribution in [3.05, 3.63) is 35.4 Å². The molecule has 0 saturated heterocycles. The minimum Gasteiger partial charge on any atom is -0.355 e. The molecular formula is C16H23N3O2. The standard InChI is InChI=1S/C16H23N3O2/c1-16(9-3-4-13(16)17)15(21)19-10-11-5-7-12(8-6-11)14(20)18-2/h5-8,13H,3-4,9-10,17H2,1-2H3,(H,18,20)(H,19,21). The summed E-state index contributed by atoms with van der Waals surface area (Å²) in [7, 11) is 1.60. The minimum atomic E-state index is -0.456. The summed E-state index contributed by atoms with van der Waals surface area (Å²) < 4.78 is 0. The lowest BCUT2D eigenvalue weighted by molar-refractivity contribution is -0.130. The van der Waals surface area contributed by atoms with E-state index in [4.69, 9.17) is 5.73 Å². The summed E-state index contributed by atoms with van der Waals surface area (Å²) in [6.45, 7) is 2.39. The molecule has 1 aliphatic rings. The Labute approximate surface area is 125 Å². The Morgan fingerprint density at radius 1 is 1.33 bits per heavy atom. The van der Waals surface area contributed by atoms with Crippen LogP contribution in [-0.2, 0) is 11.3 Å². The lowest BCUT2D eigenvalue weighted by Gasteiger charge is -2.27. The van der Waals surface area contributed by atoms with Gasteiger partial charge in [-0.15, -0.1) is 0 Å². The SMILES string of the molecule is CNC(=O)c1ccc(CNC(=O)C2(C)CCCC2N)cc1. The molecule has 5 nitrogen and oxygen atoms in total. The van der Waals surface area contributed by atoms with Gasteiger partial charge < -0.3 is 16.4 Å². The quantitative estimate of drug-likeness (QED) is 0.778. The Bertz CT molecular complexity index is 527. The molecule has 1 aromatic carbocycles. The van der Waals surface area contributed by atoms with Gasteiger partial charge in [0, 0.05) is 25.2 Å². The molecule has 0 spiro atoms. The number of nitrogens with two attached hydrogens (primary N) is 1. The van der Waals surface area contributed by atoms with Gasteiger partial charge in [-0.3, -0.25) is 9.59 Å². The van der Waals surface area contributed by atoms with Gasteiger partial charge in [-0.25, -0.2) is 0 Å². The van der Waals surface area contributed by atoms with Crippen molar-refractivity contribution in [1.29, 1.82) is 0 Å². The van der Waals surface area contributed by atoms with Crippen molar-refractivity contribution in [2.75, 3.05) is 7.05 Å². The van der Waals surface area contributed by atoms with E-state index >= 15 is 0 Å². The Morgan fingerprint density at radius 3 is 2.52 bits per heavy atom. The molecule has 2 amide bonds. The van der Waals surface area contributed by atoms with Crippen LogP contribution < -0.4 is 16.4 Å². The molecule has 0 heterocycles. The molecule has 0 aromatic heterocycles. The van der Waals surface area contributed by atoms with Crippen LogP contribution in [0, 0.1) is 5.41 Å². The van der Waals surface area contributed by atoms with Crippen molar-refractivity contribution < 1.29 is 9.59 Å². The van der Waals surface area contributed by atoms with E-state index in [1.165, 1.54) is 0 Å². The van der Waals surface area contributed by atoms with E-state index < -0.39 is 5.41 Å². The summed E-state index contributed by atoms with van der Waals surface area (Å²) >= 11 is 0. The molecule has 0 radical (unpaired) electrons. The van der Waals surface area contributed by atoms with Gasteiger partial charge in [0.2, 0.25) is 5.91 Å². The Morgan fingerprint density at radius 2 is 2.00 bits per heavy atom. The highest BCUT2D eigenvalue weighted by molar-refractivity contribution is 5.93. The summed E-state index contributed by atoms with van der Waals surface area (Å²) in [6, 6.07) is 7.14. The van der Waals surface area contributed by atoms with Crippen LogP contribution >= 0.6 is 0 Å². The molecule has 1 saturated carbocycles. The van der Waals surface area contributed by atoms with Gasteiger partial charge in [-0.1, -0.05) is 18.6 Å². The first-order valence-corrected chi connectivity index (χ1v) is 7.32. The first kappa shape index (κ1) is 15.5. The van der Waals surface area contributed by atoms with Crippen LogP contribution in [-0.4, -0.2) is 24.9 Å². The van der Waals surface area contributed by atoms with E-state index in [1.807, 2.05) is 19.1 Å². The number of amides is 2. The van der Waals surface area contributed by atoms with Gasteiger partial charge in [-0.05, 0) is 37.5 Å². The number of rotatable bonds is 4. The molecule has 114 valence electrons. The lowest BCUT2D eigenvalue weighted by Crippen LogP contribution is -2.47. The van der Waals surface area contributed by atoms with E-state index in [2.05, 4.69) is 10.6 Å². The smallest absolute Gasteiger partial charge is 0.251 e. The molecule has 21 heavy (non-hydrogen) atoms. The predicted molar refractivity (Wildman–Crippen MR) is 81.6 cm³/mol. The van der Waals surface area contributed by atoms with Crippen molar-refractivity contribution in [2.24, 2.45) is 11.1 Å². The van der Waals surface area contributed by atoms with Crippen LogP contribution in [0.25, 0.3) is 0 Å². The number of hydrogen-bond donors (Lipinski definition) is 3. The summed E-state index contributed by atoms with van der Waals surface area (Å²) in [4.78, 5) is 23.8. The molecule has 1 aromatic rings. The second-order valence-electron chi connectivity index (χ2n) is 5.87. The van der Waals surface area contributed by atoms with Crippen molar-refractivity contribution in [3.63, 3.8) is 0 Å². The van der Waals surface area contributed by atoms with Crippen molar-refractivity contribution in [3.8, 4) is 0 Å². The first-order chi connectivity index (χ1) is 9.97. The van der Waals surface area contributed by atoms with E-state index in [0.717, 1.165) is 24.8 Å². The highest BCUT2D eigenvalue weighted by Gasteiger charge is 2.42. The van der Waals surface area contributed by atoms with Crippen LogP contribution in [0.3, 0.4) is 0 Å². The maximum absolute atomic E-state index is 12.3. The van der Waals surface area contributed by atoms with Crippen molar-refractivity contribution in [1.82, 2.24) is 10.6 Å². The average Bonchev–Trinajstić information content (AvgIpc) is 2.85. The molecular weight excluding hydrogens is 266 g/mol. The summed E-state index contributed by atoms with van der Waals surface area (Å²) in [6.07, 6.45) is 2.76. The zero-order chi connectivity index (χ0) is 15.5. The van der Waals surface area contributed by atoms with Gasteiger partial charge >= 0.3 is 0 Å². The summed E-state index contributed by atoms with van der Waals surface area (Å²) in [5, 5.41) is 5.53. The first-order valence-electron chi connectivity index (χ1n) is 7.32. The topological polar surface area (TPSA) is 84.2 Å². The van der Waals surface area contributed by atoms with Crippen LogP contribution in [0.4, 0.5) is 0 Å². The van der Waals surface area contributed by atoms with Gasteiger partial charge in [0.1, 0.15) is 0 Å². The second-order valence-corrected chi connectivity index (χ2v) is 5.87. The lowest BCUT2D eigenvalue weighted by atomic mass is 9.84. The monoisotopic (exact) mass is 289 g/mol. The van der Waals surface area contributed by atoms with Crippen LogP contribution in [0.5, 0.6) is 0 Å². The van der Waals surface area contributed by atoms with E-state index in [1.54, 1.807) is 19.2 Å². The van der Waals surface area contributed by atoms with Gasteiger partial charge in [0.25, 0.3) is 5.91 Å². The summed E-state index contributed by atoms with van der Waals surface area (Å²) in [5.41, 5.74) is 7.16. The van der Waals surface area contributed by atoms with Crippen LogP contribution in [0.1, 0.15) is 42.1 Å². The molecule has 5 heteroatoms. The third-order valence-electron chi connectivity index (χ3n) is 4.44. The molecule has 1 fully saturated rings. The fourth-order valence-electron chi connectivity index (χ4n) is 2.78. The van der Waals surface area contributed by atoms with Crippen LogP contribution in [0.15, 0.2) is 24.3 Å². The number of carbonyl (C=O) groups excluding carboxylic acids is 2. The highest BCUT2D eigenvalue weighted by Crippen LogP contribution is 2.36. The number of carbonyl (C=O) groups is 2. The number of hydrogen-bond acceptors (Lipinski definition) is 3. The molecule has 0 bridgehead atoms. The molecule has 2 atom stereocenters. The van der Waals surface area contributed by atoms with E-state index in [9.17, 15) is 9.59 Å². The predicted octanol–water partition coefficient (Wildman–Crippen LogP) is 1.18. The Kier molecular flexibility index (Phi) is 4.63. The fourth-order valence-corrected chi connectivity index (χ4v) is 2.78. The average molecular weight is 289 g/mol. The molecule has 2 rings (SSSR count). The third kappa shape index (κ3) is 3.24. The van der Waals surface area contributed by atoms with Crippen molar-refractivity contribution >= 4 is 11.8 Å².